The van der Waals surface area contributed by atoms with E-state index in [9.17, 15) is 14.9 Å². The fraction of sp³-hybridized carbons (Fsp3) is 0.500. The Morgan fingerprint density at radius 3 is 2.40 bits per heavy atom. The van der Waals surface area contributed by atoms with Crippen LogP contribution in [0.5, 0.6) is 0 Å². The lowest BCUT2D eigenvalue weighted by Gasteiger charge is -2.28. The molecule has 0 bridgehead atoms. The minimum atomic E-state index is -0.521. The van der Waals surface area contributed by atoms with Crippen LogP contribution in [0.1, 0.15) is 36.0 Å². The van der Waals surface area contributed by atoms with Crippen LogP contribution >= 0.6 is 0 Å². The van der Waals surface area contributed by atoms with E-state index in [0.29, 0.717) is 6.04 Å². The maximum atomic E-state index is 12.2. The SMILES string of the molecule is CNC1CCC(NC(=O)c2ccccc2[N+](=O)[O-])CC1. The first kappa shape index (κ1) is 14.5. The Balaban J connectivity index is 2.01. The van der Waals surface area contributed by atoms with Crippen molar-refractivity contribution in [3.63, 3.8) is 0 Å². The minimum Gasteiger partial charge on any atom is -0.349 e. The summed E-state index contributed by atoms with van der Waals surface area (Å²) in [5.41, 5.74) is -0.0119. The van der Waals surface area contributed by atoms with E-state index in [1.807, 2.05) is 7.05 Å². The summed E-state index contributed by atoms with van der Waals surface area (Å²) in [5, 5.41) is 17.1. The summed E-state index contributed by atoms with van der Waals surface area (Å²) in [7, 11) is 1.94. The van der Waals surface area contributed by atoms with Gasteiger partial charge in [-0.25, -0.2) is 0 Å². The Morgan fingerprint density at radius 1 is 1.20 bits per heavy atom. The number of nitrogens with zero attached hydrogens (tertiary/aromatic N) is 1. The highest BCUT2D eigenvalue weighted by Gasteiger charge is 2.24. The van der Waals surface area contributed by atoms with Crippen molar-refractivity contribution in [2.24, 2.45) is 0 Å². The first-order valence-electron chi connectivity index (χ1n) is 6.83. The number of para-hydroxylation sites is 1. The molecule has 0 aromatic heterocycles. The molecule has 1 aliphatic rings. The second-order valence-corrected chi connectivity index (χ2v) is 5.08. The average Bonchev–Trinajstić information content (AvgIpc) is 2.48. The summed E-state index contributed by atoms with van der Waals surface area (Å²) in [6, 6.07) is 6.66. The first-order valence-corrected chi connectivity index (χ1v) is 6.83. The Kier molecular flexibility index (Phi) is 4.68. The number of nitro benzene ring substituents is 1. The zero-order valence-corrected chi connectivity index (χ0v) is 11.5. The number of benzene rings is 1. The van der Waals surface area contributed by atoms with Crippen LogP contribution in [0.25, 0.3) is 0 Å². The van der Waals surface area contributed by atoms with E-state index in [2.05, 4.69) is 10.6 Å². The van der Waals surface area contributed by atoms with E-state index < -0.39 is 4.92 Å². The minimum absolute atomic E-state index is 0.104. The standard InChI is InChI=1S/C14H19N3O3/c1-15-10-6-8-11(9-7-10)16-14(18)12-4-2-3-5-13(12)17(19)20/h2-5,10-11,15H,6-9H2,1H3,(H,16,18). The van der Waals surface area contributed by atoms with E-state index in [0.717, 1.165) is 25.7 Å². The van der Waals surface area contributed by atoms with Crippen LogP contribution in [0.3, 0.4) is 0 Å². The number of hydrogen-bond donors (Lipinski definition) is 2. The molecule has 1 aliphatic carbocycles. The van der Waals surface area contributed by atoms with Gasteiger partial charge in [-0.2, -0.15) is 0 Å². The van der Waals surface area contributed by atoms with Gasteiger partial charge in [-0.1, -0.05) is 12.1 Å². The van der Waals surface area contributed by atoms with Crippen LogP contribution in [0, 0.1) is 10.1 Å². The molecule has 0 spiro atoms. The van der Waals surface area contributed by atoms with Gasteiger partial charge in [0.2, 0.25) is 0 Å². The van der Waals surface area contributed by atoms with Crippen molar-refractivity contribution in [1.29, 1.82) is 0 Å². The highest BCUT2D eigenvalue weighted by atomic mass is 16.6. The van der Waals surface area contributed by atoms with Crippen LogP contribution in [-0.4, -0.2) is 30.0 Å². The number of nitro groups is 1. The van der Waals surface area contributed by atoms with Crippen LogP contribution in [-0.2, 0) is 0 Å². The summed E-state index contributed by atoms with van der Waals surface area (Å²) in [6.45, 7) is 0. The van der Waals surface area contributed by atoms with Gasteiger partial charge in [-0.05, 0) is 38.8 Å². The summed E-state index contributed by atoms with van der Waals surface area (Å²) in [5.74, 6) is -0.356. The molecule has 0 heterocycles. The summed E-state index contributed by atoms with van der Waals surface area (Å²) in [6.07, 6.45) is 3.83. The number of hydrogen-bond acceptors (Lipinski definition) is 4. The maximum Gasteiger partial charge on any atom is 0.282 e. The molecule has 0 saturated heterocycles. The third-order valence-electron chi connectivity index (χ3n) is 3.82. The van der Waals surface area contributed by atoms with Gasteiger partial charge in [0.05, 0.1) is 4.92 Å². The molecule has 6 nitrogen and oxygen atoms in total. The summed E-state index contributed by atoms with van der Waals surface area (Å²) < 4.78 is 0. The average molecular weight is 277 g/mol. The molecule has 108 valence electrons. The Labute approximate surface area is 117 Å². The normalized spacial score (nSPS) is 22.2. The Hall–Kier alpha value is -1.95. The quantitative estimate of drug-likeness (QED) is 0.650. The predicted molar refractivity (Wildman–Crippen MR) is 75.7 cm³/mol. The van der Waals surface area contributed by atoms with Gasteiger partial charge in [-0.3, -0.25) is 14.9 Å². The van der Waals surface area contributed by atoms with Gasteiger partial charge in [0.25, 0.3) is 11.6 Å². The first-order chi connectivity index (χ1) is 9.61. The molecule has 2 N–H and O–H groups in total. The number of amides is 1. The molecular formula is C14H19N3O3. The van der Waals surface area contributed by atoms with Crippen molar-refractivity contribution in [2.75, 3.05) is 7.05 Å². The lowest BCUT2D eigenvalue weighted by Crippen LogP contribution is -2.41. The van der Waals surface area contributed by atoms with Crippen molar-refractivity contribution >= 4 is 11.6 Å². The predicted octanol–water partition coefficient (Wildman–Crippen LogP) is 1.86. The maximum absolute atomic E-state index is 12.2. The molecule has 1 amide bonds. The lowest BCUT2D eigenvalue weighted by atomic mass is 9.91. The van der Waals surface area contributed by atoms with Crippen LogP contribution in [0.15, 0.2) is 24.3 Å². The van der Waals surface area contributed by atoms with Crippen LogP contribution in [0.2, 0.25) is 0 Å². The molecule has 0 aliphatic heterocycles. The van der Waals surface area contributed by atoms with E-state index >= 15 is 0 Å². The van der Waals surface area contributed by atoms with Gasteiger partial charge in [0.15, 0.2) is 0 Å². The Bertz CT molecular complexity index is 496. The van der Waals surface area contributed by atoms with E-state index in [1.165, 1.54) is 12.1 Å². The Morgan fingerprint density at radius 2 is 1.80 bits per heavy atom. The third kappa shape index (κ3) is 3.33. The monoisotopic (exact) mass is 277 g/mol. The second-order valence-electron chi connectivity index (χ2n) is 5.08. The van der Waals surface area contributed by atoms with Gasteiger partial charge in [-0.15, -0.1) is 0 Å². The van der Waals surface area contributed by atoms with Crippen molar-refractivity contribution < 1.29 is 9.72 Å². The fourth-order valence-electron chi connectivity index (χ4n) is 2.61. The van der Waals surface area contributed by atoms with E-state index in [1.54, 1.807) is 12.1 Å². The molecule has 0 unspecified atom stereocenters. The summed E-state index contributed by atoms with van der Waals surface area (Å²) >= 11 is 0. The van der Waals surface area contributed by atoms with Crippen LogP contribution < -0.4 is 10.6 Å². The number of nitrogens with one attached hydrogen (secondary N) is 2. The van der Waals surface area contributed by atoms with Gasteiger partial charge < -0.3 is 10.6 Å². The highest BCUT2D eigenvalue weighted by molar-refractivity contribution is 5.98. The van der Waals surface area contributed by atoms with Crippen LogP contribution in [0.4, 0.5) is 5.69 Å². The third-order valence-corrected chi connectivity index (χ3v) is 3.82. The molecule has 2 rings (SSSR count). The van der Waals surface area contributed by atoms with Crippen molar-refractivity contribution in [3.05, 3.63) is 39.9 Å². The topological polar surface area (TPSA) is 84.3 Å². The van der Waals surface area contributed by atoms with Gasteiger partial charge in [0.1, 0.15) is 5.56 Å². The second kappa shape index (κ2) is 6.47. The van der Waals surface area contributed by atoms with E-state index in [4.69, 9.17) is 0 Å². The van der Waals surface area contributed by atoms with Crippen molar-refractivity contribution in [1.82, 2.24) is 10.6 Å². The summed E-state index contributed by atoms with van der Waals surface area (Å²) in [4.78, 5) is 22.6. The molecular weight excluding hydrogens is 258 g/mol. The lowest BCUT2D eigenvalue weighted by molar-refractivity contribution is -0.385. The van der Waals surface area contributed by atoms with Crippen molar-refractivity contribution in [2.45, 2.75) is 37.8 Å². The van der Waals surface area contributed by atoms with Gasteiger partial charge >= 0.3 is 0 Å². The molecule has 1 aromatic rings. The van der Waals surface area contributed by atoms with E-state index in [-0.39, 0.29) is 23.2 Å². The number of carbonyl (C=O) groups excluding carboxylic acids is 1. The largest absolute Gasteiger partial charge is 0.349 e. The number of rotatable bonds is 4. The molecule has 0 radical (unpaired) electrons. The fourth-order valence-corrected chi connectivity index (χ4v) is 2.61. The molecule has 6 heteroatoms. The molecule has 0 atom stereocenters. The number of carbonyl (C=O) groups is 1. The molecule has 20 heavy (non-hydrogen) atoms. The van der Waals surface area contributed by atoms with Gasteiger partial charge in [0, 0.05) is 18.2 Å². The van der Waals surface area contributed by atoms with Crippen molar-refractivity contribution in [3.8, 4) is 0 Å². The smallest absolute Gasteiger partial charge is 0.282 e. The zero-order chi connectivity index (χ0) is 14.5. The molecule has 1 aromatic carbocycles. The molecule has 1 saturated carbocycles. The highest BCUT2D eigenvalue weighted by Crippen LogP contribution is 2.21. The molecule has 1 fully saturated rings. The zero-order valence-electron chi connectivity index (χ0n) is 11.5.